The summed E-state index contributed by atoms with van der Waals surface area (Å²) in [5, 5.41) is 10.9. The van der Waals surface area contributed by atoms with Crippen molar-refractivity contribution in [1.29, 1.82) is 5.26 Å². The molecule has 1 atom stereocenters. The molecule has 2 aromatic rings. The van der Waals surface area contributed by atoms with Gasteiger partial charge in [0.15, 0.2) is 0 Å². The molecule has 0 aliphatic rings. The number of rotatable bonds is 3. The molecule has 0 fully saturated rings. The molecule has 0 spiro atoms. The second kappa shape index (κ2) is 6.03. The average Bonchev–Trinajstić information content (AvgIpc) is 2.47. The Morgan fingerprint density at radius 2 is 2.16 bits per heavy atom. The van der Waals surface area contributed by atoms with Crippen LogP contribution in [-0.4, -0.2) is 10.9 Å². The zero-order valence-electron chi connectivity index (χ0n) is 9.95. The summed E-state index contributed by atoms with van der Waals surface area (Å²) in [4.78, 5) is 16.0. The van der Waals surface area contributed by atoms with Gasteiger partial charge in [0, 0.05) is 6.20 Å². The van der Waals surface area contributed by atoms with E-state index in [1.807, 2.05) is 6.07 Å². The number of nitrogens with one attached hydrogen (secondary N) is 1. The molecule has 0 bridgehead atoms. The van der Waals surface area contributed by atoms with Crippen LogP contribution in [0.3, 0.4) is 0 Å². The van der Waals surface area contributed by atoms with E-state index in [0.717, 1.165) is 0 Å². The van der Waals surface area contributed by atoms with Gasteiger partial charge in [-0.05, 0) is 29.8 Å². The molecule has 1 heterocycles. The largest absolute Gasteiger partial charge is 0.309 e. The van der Waals surface area contributed by atoms with Crippen LogP contribution in [0.1, 0.15) is 16.4 Å². The van der Waals surface area contributed by atoms with Gasteiger partial charge in [-0.15, -0.1) is 0 Å². The number of aromatic nitrogens is 1. The molecule has 0 saturated heterocycles. The quantitative estimate of drug-likeness (QED) is 0.842. The van der Waals surface area contributed by atoms with Gasteiger partial charge in [0.1, 0.15) is 11.1 Å². The highest BCUT2D eigenvalue weighted by Gasteiger charge is 2.16. The van der Waals surface area contributed by atoms with E-state index < -0.39 is 5.25 Å². The molecule has 1 aromatic heterocycles. The van der Waals surface area contributed by atoms with E-state index >= 15 is 0 Å². The number of carbonyl (C=O) groups excluding carboxylic acids is 1. The number of benzene rings is 1. The van der Waals surface area contributed by atoms with E-state index in [-0.39, 0.29) is 5.91 Å². The minimum absolute atomic E-state index is 0.280. The van der Waals surface area contributed by atoms with Crippen LogP contribution in [0.5, 0.6) is 0 Å². The lowest BCUT2D eigenvalue weighted by molar-refractivity contribution is -0.115. The highest BCUT2D eigenvalue weighted by molar-refractivity contribution is 7.81. The first kappa shape index (κ1) is 13.1. The number of carbonyl (C=O) groups is 1. The van der Waals surface area contributed by atoms with Crippen LogP contribution in [0.25, 0.3) is 0 Å². The first-order valence-electron chi connectivity index (χ1n) is 5.61. The van der Waals surface area contributed by atoms with Crippen LogP contribution in [0.4, 0.5) is 5.82 Å². The molecular weight excluding hydrogens is 258 g/mol. The molecule has 2 rings (SSSR count). The third-order valence-corrected chi connectivity index (χ3v) is 3.03. The first-order valence-corrected chi connectivity index (χ1v) is 6.12. The van der Waals surface area contributed by atoms with Crippen LogP contribution < -0.4 is 5.32 Å². The number of thiol groups is 1. The Morgan fingerprint density at radius 1 is 1.32 bits per heavy atom. The summed E-state index contributed by atoms with van der Waals surface area (Å²) in [6, 6.07) is 14.1. The van der Waals surface area contributed by atoms with Crippen molar-refractivity contribution in [3.63, 3.8) is 0 Å². The number of amides is 1. The van der Waals surface area contributed by atoms with Crippen molar-refractivity contribution in [3.05, 3.63) is 59.8 Å². The topological polar surface area (TPSA) is 65.8 Å². The molecule has 0 radical (unpaired) electrons. The molecule has 1 aromatic carbocycles. The van der Waals surface area contributed by atoms with Gasteiger partial charge >= 0.3 is 0 Å². The number of hydrogen-bond donors (Lipinski definition) is 2. The summed E-state index contributed by atoms with van der Waals surface area (Å²) in [5.74, 6) is 0.195. The van der Waals surface area contributed by atoms with E-state index in [9.17, 15) is 4.79 Å². The molecule has 0 aliphatic carbocycles. The van der Waals surface area contributed by atoms with Gasteiger partial charge in [-0.3, -0.25) is 4.79 Å². The van der Waals surface area contributed by atoms with Crippen molar-refractivity contribution in [1.82, 2.24) is 4.98 Å². The van der Waals surface area contributed by atoms with Gasteiger partial charge in [-0.25, -0.2) is 4.98 Å². The van der Waals surface area contributed by atoms with Crippen molar-refractivity contribution in [3.8, 4) is 6.07 Å². The van der Waals surface area contributed by atoms with Crippen molar-refractivity contribution < 1.29 is 4.79 Å². The minimum atomic E-state index is -0.643. The molecule has 4 nitrogen and oxygen atoms in total. The zero-order valence-corrected chi connectivity index (χ0v) is 10.8. The Morgan fingerprint density at radius 3 is 2.84 bits per heavy atom. The molecule has 1 amide bonds. The summed E-state index contributed by atoms with van der Waals surface area (Å²) in [5.41, 5.74) is 1.18. The summed E-state index contributed by atoms with van der Waals surface area (Å²) in [6.07, 6.45) is 1.60. The Balaban J connectivity index is 2.13. The van der Waals surface area contributed by atoms with Gasteiger partial charge < -0.3 is 5.32 Å². The second-order valence-electron chi connectivity index (χ2n) is 3.84. The van der Waals surface area contributed by atoms with Gasteiger partial charge in [-0.1, -0.05) is 18.2 Å². The van der Waals surface area contributed by atoms with Gasteiger partial charge in [-0.2, -0.15) is 17.9 Å². The van der Waals surface area contributed by atoms with Crippen molar-refractivity contribution in [2.75, 3.05) is 5.32 Å². The Labute approximate surface area is 116 Å². The van der Waals surface area contributed by atoms with E-state index in [2.05, 4.69) is 22.9 Å². The number of anilines is 1. The lowest BCUT2D eigenvalue weighted by Crippen LogP contribution is -2.18. The van der Waals surface area contributed by atoms with Crippen LogP contribution in [0.2, 0.25) is 0 Å². The van der Waals surface area contributed by atoms with E-state index in [0.29, 0.717) is 16.9 Å². The summed E-state index contributed by atoms with van der Waals surface area (Å²) in [7, 11) is 0. The molecule has 1 N–H and O–H groups in total. The molecule has 5 heteroatoms. The van der Waals surface area contributed by atoms with Crippen LogP contribution in [0.15, 0.2) is 48.7 Å². The maximum Gasteiger partial charge on any atom is 0.242 e. The number of nitriles is 1. The predicted octanol–water partition coefficient (Wildman–Crippen LogP) is 2.56. The molecule has 0 aliphatic heterocycles. The van der Waals surface area contributed by atoms with Gasteiger partial charge in [0.2, 0.25) is 5.91 Å². The van der Waals surface area contributed by atoms with Crippen LogP contribution in [0, 0.1) is 11.3 Å². The maximum absolute atomic E-state index is 12.0. The van der Waals surface area contributed by atoms with Gasteiger partial charge in [0.25, 0.3) is 0 Å². The van der Waals surface area contributed by atoms with Crippen LogP contribution in [-0.2, 0) is 4.79 Å². The minimum Gasteiger partial charge on any atom is -0.309 e. The third kappa shape index (κ3) is 3.33. The van der Waals surface area contributed by atoms with Crippen molar-refractivity contribution >= 4 is 24.4 Å². The van der Waals surface area contributed by atoms with E-state index in [1.54, 1.807) is 48.7 Å². The third-order valence-electron chi connectivity index (χ3n) is 2.50. The highest BCUT2D eigenvalue weighted by Crippen LogP contribution is 2.22. The average molecular weight is 269 g/mol. The highest BCUT2D eigenvalue weighted by atomic mass is 32.1. The summed E-state index contributed by atoms with van der Waals surface area (Å²) in [6.45, 7) is 0. The fourth-order valence-electron chi connectivity index (χ4n) is 1.56. The zero-order chi connectivity index (χ0) is 13.7. The monoisotopic (exact) mass is 269 g/mol. The molecule has 19 heavy (non-hydrogen) atoms. The maximum atomic E-state index is 12.0. The first-order chi connectivity index (χ1) is 9.20. The Kier molecular flexibility index (Phi) is 4.16. The summed E-state index contributed by atoms with van der Waals surface area (Å²) < 4.78 is 0. The van der Waals surface area contributed by atoms with Crippen molar-refractivity contribution in [2.45, 2.75) is 5.25 Å². The molecule has 0 saturated carbocycles. The number of nitrogens with zero attached hydrogens (tertiary/aromatic N) is 2. The van der Waals surface area contributed by atoms with Crippen LogP contribution >= 0.6 is 12.6 Å². The molecular formula is C14H11N3OS. The standard InChI is InChI=1S/C14H11N3OS/c15-9-10-4-3-5-11(8-10)13(19)14(18)17-12-6-1-2-7-16-12/h1-8,13,19H,(H,16,17,18). The smallest absolute Gasteiger partial charge is 0.242 e. The predicted molar refractivity (Wildman–Crippen MR) is 75.8 cm³/mol. The molecule has 1 unspecified atom stereocenters. The number of pyridine rings is 1. The number of hydrogen-bond acceptors (Lipinski definition) is 4. The van der Waals surface area contributed by atoms with E-state index in [4.69, 9.17) is 5.26 Å². The second-order valence-corrected chi connectivity index (χ2v) is 4.36. The SMILES string of the molecule is N#Cc1cccc(C(S)C(=O)Nc2ccccn2)c1. The van der Waals surface area contributed by atoms with Gasteiger partial charge in [0.05, 0.1) is 11.6 Å². The lowest BCUT2D eigenvalue weighted by Gasteiger charge is -2.11. The fourth-order valence-corrected chi connectivity index (χ4v) is 1.79. The fraction of sp³-hybridized carbons (Fsp3) is 0.0714. The molecule has 94 valence electrons. The van der Waals surface area contributed by atoms with Crippen molar-refractivity contribution in [2.24, 2.45) is 0 Å². The lowest BCUT2D eigenvalue weighted by atomic mass is 10.1. The summed E-state index contributed by atoms with van der Waals surface area (Å²) >= 11 is 4.28. The Hall–Kier alpha value is -2.32. The normalized spacial score (nSPS) is 11.4. The van der Waals surface area contributed by atoms with E-state index in [1.165, 1.54) is 0 Å². The Bertz CT molecular complexity index is 622.